The predicted octanol–water partition coefficient (Wildman–Crippen LogP) is 2.82. The Balaban J connectivity index is 2.01. The molecule has 1 N–H and O–H groups in total. The Bertz CT molecular complexity index is 871. The number of nitrogens with zero attached hydrogens (tertiary/aromatic N) is 1. The lowest BCUT2D eigenvalue weighted by Crippen LogP contribution is -2.34. The number of rotatable bonds is 8. The molecule has 8 heteroatoms. The molecule has 6 nitrogen and oxygen atoms in total. The van der Waals surface area contributed by atoms with Gasteiger partial charge in [-0.2, -0.15) is 0 Å². The summed E-state index contributed by atoms with van der Waals surface area (Å²) < 4.78 is 30.5. The van der Waals surface area contributed by atoms with Crippen LogP contribution in [0.2, 0.25) is 5.02 Å². The highest BCUT2D eigenvalue weighted by molar-refractivity contribution is 7.92. The van der Waals surface area contributed by atoms with Crippen LogP contribution in [0.3, 0.4) is 0 Å². The van der Waals surface area contributed by atoms with Crippen LogP contribution in [0.15, 0.2) is 48.5 Å². The van der Waals surface area contributed by atoms with Crippen LogP contribution in [-0.4, -0.2) is 34.2 Å². The van der Waals surface area contributed by atoms with Gasteiger partial charge in [0.25, 0.3) is 0 Å². The number of anilines is 1. The molecule has 0 aliphatic heterocycles. The number of hydrogen-bond donors (Lipinski definition) is 1. The first-order valence-electron chi connectivity index (χ1n) is 7.93. The van der Waals surface area contributed by atoms with Crippen molar-refractivity contribution in [2.45, 2.75) is 13.0 Å². The molecule has 0 aromatic heterocycles. The van der Waals surface area contributed by atoms with Crippen LogP contribution in [0.5, 0.6) is 5.75 Å². The first-order valence-corrected chi connectivity index (χ1v) is 10.2. The minimum absolute atomic E-state index is 0.0226. The Morgan fingerprint density at radius 1 is 1.19 bits per heavy atom. The molecule has 0 aliphatic rings. The molecule has 2 rings (SSSR count). The molecule has 0 saturated carbocycles. The first kappa shape index (κ1) is 20.1. The molecular weight excluding hydrogens is 376 g/mol. The molecule has 0 saturated heterocycles. The number of methoxy groups -OCH3 is 1. The Labute approximate surface area is 158 Å². The summed E-state index contributed by atoms with van der Waals surface area (Å²) in [4.78, 5) is 12.1. The second-order valence-electron chi connectivity index (χ2n) is 5.65. The SMILES string of the molecule is COc1cccc(N(CCC(=O)NCc2ccccc2Cl)S(C)(=O)=O)c1. The lowest BCUT2D eigenvalue weighted by molar-refractivity contribution is -0.121. The monoisotopic (exact) mass is 396 g/mol. The van der Waals surface area contributed by atoms with Gasteiger partial charge < -0.3 is 10.1 Å². The molecule has 0 spiro atoms. The highest BCUT2D eigenvalue weighted by atomic mass is 35.5. The van der Waals surface area contributed by atoms with E-state index in [2.05, 4.69) is 5.32 Å². The number of ether oxygens (including phenoxy) is 1. The van der Waals surface area contributed by atoms with Gasteiger partial charge in [-0.25, -0.2) is 8.42 Å². The van der Waals surface area contributed by atoms with Crippen LogP contribution in [-0.2, 0) is 21.4 Å². The molecule has 2 aromatic rings. The van der Waals surface area contributed by atoms with Gasteiger partial charge in [-0.3, -0.25) is 9.10 Å². The fourth-order valence-corrected chi connectivity index (χ4v) is 3.50. The van der Waals surface area contributed by atoms with E-state index in [1.807, 2.05) is 18.2 Å². The number of amides is 1. The lowest BCUT2D eigenvalue weighted by atomic mass is 10.2. The van der Waals surface area contributed by atoms with E-state index >= 15 is 0 Å². The zero-order valence-corrected chi connectivity index (χ0v) is 16.2. The molecule has 1 amide bonds. The van der Waals surface area contributed by atoms with E-state index in [-0.39, 0.29) is 25.4 Å². The minimum atomic E-state index is -3.54. The number of sulfonamides is 1. The average molecular weight is 397 g/mol. The molecule has 140 valence electrons. The maximum atomic E-state index is 12.1. The van der Waals surface area contributed by atoms with E-state index in [0.29, 0.717) is 16.5 Å². The third kappa shape index (κ3) is 5.64. The molecule has 0 heterocycles. The third-order valence-corrected chi connectivity index (χ3v) is 5.28. The number of carbonyl (C=O) groups excluding carboxylic acids is 1. The summed E-state index contributed by atoms with van der Waals surface area (Å²) >= 11 is 6.05. The summed E-state index contributed by atoms with van der Waals surface area (Å²) in [5.41, 5.74) is 1.25. The zero-order valence-electron chi connectivity index (χ0n) is 14.6. The Morgan fingerprint density at radius 2 is 1.92 bits per heavy atom. The van der Waals surface area contributed by atoms with Crippen LogP contribution in [0.25, 0.3) is 0 Å². The first-order chi connectivity index (χ1) is 12.3. The lowest BCUT2D eigenvalue weighted by Gasteiger charge is -2.22. The van der Waals surface area contributed by atoms with Crippen molar-refractivity contribution < 1.29 is 17.9 Å². The van der Waals surface area contributed by atoms with Crippen molar-refractivity contribution in [2.75, 3.05) is 24.2 Å². The third-order valence-electron chi connectivity index (χ3n) is 3.72. The number of halogens is 1. The van der Waals surface area contributed by atoms with Gasteiger partial charge in [0.2, 0.25) is 15.9 Å². The highest BCUT2D eigenvalue weighted by Gasteiger charge is 2.19. The van der Waals surface area contributed by atoms with E-state index in [1.165, 1.54) is 11.4 Å². The van der Waals surface area contributed by atoms with Gasteiger partial charge in [-0.05, 0) is 23.8 Å². The number of carbonyl (C=O) groups is 1. The smallest absolute Gasteiger partial charge is 0.232 e. The van der Waals surface area contributed by atoms with Crippen molar-refractivity contribution in [1.82, 2.24) is 5.32 Å². The fraction of sp³-hybridized carbons (Fsp3) is 0.278. The van der Waals surface area contributed by atoms with Crippen molar-refractivity contribution in [3.8, 4) is 5.75 Å². The molecule has 0 fully saturated rings. The van der Waals surface area contributed by atoms with E-state index in [0.717, 1.165) is 11.8 Å². The molecule has 0 aliphatic carbocycles. The molecular formula is C18H21ClN2O4S. The topological polar surface area (TPSA) is 75.7 Å². The Kier molecular flexibility index (Phi) is 6.88. The Hall–Kier alpha value is -2.25. The highest BCUT2D eigenvalue weighted by Crippen LogP contribution is 2.23. The quantitative estimate of drug-likeness (QED) is 0.744. The van der Waals surface area contributed by atoms with E-state index in [4.69, 9.17) is 16.3 Å². The van der Waals surface area contributed by atoms with Crippen molar-refractivity contribution >= 4 is 33.2 Å². The largest absolute Gasteiger partial charge is 0.497 e. The van der Waals surface area contributed by atoms with Gasteiger partial charge in [0.05, 0.1) is 19.1 Å². The van der Waals surface area contributed by atoms with Crippen molar-refractivity contribution in [1.29, 1.82) is 0 Å². The standard InChI is InChI=1S/C18H21ClN2O4S/c1-25-16-8-5-7-15(12-16)21(26(2,23)24)11-10-18(22)20-13-14-6-3-4-9-17(14)19/h3-9,12H,10-11,13H2,1-2H3,(H,20,22). The van der Waals surface area contributed by atoms with E-state index < -0.39 is 10.0 Å². The normalized spacial score (nSPS) is 11.0. The van der Waals surface area contributed by atoms with E-state index in [1.54, 1.807) is 30.3 Å². The van der Waals surface area contributed by atoms with Gasteiger partial charge in [0, 0.05) is 30.6 Å². The van der Waals surface area contributed by atoms with Crippen LogP contribution < -0.4 is 14.4 Å². The minimum Gasteiger partial charge on any atom is -0.497 e. The van der Waals surface area contributed by atoms with Gasteiger partial charge in [-0.1, -0.05) is 35.9 Å². The number of benzene rings is 2. The second kappa shape index (κ2) is 8.91. The van der Waals surface area contributed by atoms with Crippen molar-refractivity contribution in [3.05, 3.63) is 59.1 Å². The van der Waals surface area contributed by atoms with Crippen molar-refractivity contribution in [2.24, 2.45) is 0 Å². The predicted molar refractivity (Wildman–Crippen MR) is 103 cm³/mol. The van der Waals surface area contributed by atoms with Crippen molar-refractivity contribution in [3.63, 3.8) is 0 Å². The van der Waals surface area contributed by atoms with Crippen LogP contribution in [0, 0.1) is 0 Å². The van der Waals surface area contributed by atoms with Gasteiger partial charge in [-0.15, -0.1) is 0 Å². The summed E-state index contributed by atoms with van der Waals surface area (Å²) in [6, 6.07) is 13.9. The fourth-order valence-electron chi connectivity index (χ4n) is 2.38. The molecule has 2 aromatic carbocycles. The van der Waals surface area contributed by atoms with Gasteiger partial charge in [0.15, 0.2) is 0 Å². The van der Waals surface area contributed by atoms with Gasteiger partial charge >= 0.3 is 0 Å². The maximum absolute atomic E-state index is 12.1. The van der Waals surface area contributed by atoms with E-state index in [9.17, 15) is 13.2 Å². The molecule has 0 bridgehead atoms. The molecule has 0 radical (unpaired) electrons. The summed E-state index contributed by atoms with van der Waals surface area (Å²) in [5.74, 6) is 0.279. The van der Waals surface area contributed by atoms with Gasteiger partial charge in [0.1, 0.15) is 5.75 Å². The summed E-state index contributed by atoms with van der Waals surface area (Å²) in [6.45, 7) is 0.316. The Morgan fingerprint density at radius 3 is 2.58 bits per heavy atom. The molecule has 26 heavy (non-hydrogen) atoms. The summed E-state index contributed by atoms with van der Waals surface area (Å²) in [6.07, 6.45) is 1.13. The number of hydrogen-bond acceptors (Lipinski definition) is 4. The molecule has 0 atom stereocenters. The summed E-state index contributed by atoms with van der Waals surface area (Å²) in [5, 5.41) is 3.32. The second-order valence-corrected chi connectivity index (χ2v) is 7.97. The van der Waals surface area contributed by atoms with Crippen LogP contribution in [0.1, 0.15) is 12.0 Å². The maximum Gasteiger partial charge on any atom is 0.232 e. The van der Waals surface area contributed by atoms with Crippen LogP contribution in [0.4, 0.5) is 5.69 Å². The zero-order chi connectivity index (χ0) is 19.2. The average Bonchev–Trinajstić information content (AvgIpc) is 2.60. The number of nitrogens with one attached hydrogen (secondary N) is 1. The molecule has 0 unspecified atom stereocenters. The van der Waals surface area contributed by atoms with Crippen LogP contribution >= 0.6 is 11.6 Å². The summed E-state index contributed by atoms with van der Waals surface area (Å²) in [7, 11) is -2.03.